The summed E-state index contributed by atoms with van der Waals surface area (Å²) in [4.78, 5) is 10.8. The van der Waals surface area contributed by atoms with Gasteiger partial charge in [0.25, 0.3) is 0 Å². The molecule has 0 unspecified atom stereocenters. The number of ether oxygens (including phenoxy) is 2. The fraction of sp³-hybridized carbons (Fsp3) is 0.235. The third kappa shape index (κ3) is 3.38. The molecule has 0 amide bonds. The molecule has 2 aromatic carbocycles. The Labute approximate surface area is 129 Å². The molecule has 0 spiro atoms. The molecule has 3 N–H and O–H groups in total. The van der Waals surface area contributed by atoms with Gasteiger partial charge in [-0.25, -0.2) is 0 Å². The van der Waals surface area contributed by atoms with Gasteiger partial charge in [-0.2, -0.15) is 0 Å². The molecule has 0 aliphatic heterocycles. The van der Waals surface area contributed by atoms with E-state index in [0.717, 1.165) is 16.7 Å². The van der Waals surface area contributed by atoms with Crippen molar-refractivity contribution < 1.29 is 19.4 Å². The van der Waals surface area contributed by atoms with E-state index in [-0.39, 0.29) is 0 Å². The van der Waals surface area contributed by atoms with Gasteiger partial charge in [0, 0.05) is 5.56 Å². The molecule has 0 bridgehead atoms. The average Bonchev–Trinajstić information content (AvgIpc) is 2.54. The Morgan fingerprint density at radius 1 is 1.14 bits per heavy atom. The standard InChI is InChI=1S/C17H19NO4/c1-21-15-5-3-4-13(16(15)22-2)12-8-6-11(7-9-12)10-14(18)17(19)20/h3-9,14H,10,18H2,1-2H3,(H,19,20)/t14-/m0/s1. The Bertz CT molecular complexity index is 652. The maximum atomic E-state index is 10.8. The van der Waals surface area contributed by atoms with Crippen LogP contribution >= 0.6 is 0 Å². The fourth-order valence-corrected chi connectivity index (χ4v) is 2.28. The lowest BCUT2D eigenvalue weighted by atomic mass is 10.00. The largest absolute Gasteiger partial charge is 0.493 e. The van der Waals surface area contributed by atoms with Gasteiger partial charge < -0.3 is 20.3 Å². The highest BCUT2D eigenvalue weighted by atomic mass is 16.5. The Morgan fingerprint density at radius 2 is 1.82 bits per heavy atom. The number of para-hydroxylation sites is 1. The normalized spacial score (nSPS) is 11.8. The molecular formula is C17H19NO4. The topological polar surface area (TPSA) is 81.8 Å². The Morgan fingerprint density at radius 3 is 2.36 bits per heavy atom. The zero-order valence-corrected chi connectivity index (χ0v) is 12.6. The zero-order valence-electron chi connectivity index (χ0n) is 12.6. The second-order valence-corrected chi connectivity index (χ2v) is 4.89. The predicted molar refractivity (Wildman–Crippen MR) is 84.3 cm³/mol. The van der Waals surface area contributed by atoms with E-state index in [1.807, 2.05) is 42.5 Å². The number of hydrogen-bond donors (Lipinski definition) is 2. The van der Waals surface area contributed by atoms with Crippen molar-refractivity contribution in [1.82, 2.24) is 0 Å². The first kappa shape index (κ1) is 15.9. The molecule has 116 valence electrons. The molecule has 1 atom stereocenters. The minimum atomic E-state index is -1.00. The van der Waals surface area contributed by atoms with Gasteiger partial charge in [0.05, 0.1) is 14.2 Å². The van der Waals surface area contributed by atoms with Gasteiger partial charge >= 0.3 is 5.97 Å². The van der Waals surface area contributed by atoms with Gasteiger partial charge in [0.2, 0.25) is 0 Å². The third-order valence-electron chi connectivity index (χ3n) is 3.44. The van der Waals surface area contributed by atoms with E-state index in [9.17, 15) is 4.79 Å². The van der Waals surface area contributed by atoms with Crippen LogP contribution in [0.1, 0.15) is 5.56 Å². The Kier molecular flexibility index (Phi) is 5.01. The summed E-state index contributed by atoms with van der Waals surface area (Å²) in [6.07, 6.45) is 0.296. The summed E-state index contributed by atoms with van der Waals surface area (Å²) in [6, 6.07) is 12.4. The second kappa shape index (κ2) is 6.95. The molecule has 0 aliphatic carbocycles. The zero-order chi connectivity index (χ0) is 16.1. The molecule has 0 saturated carbocycles. The highest BCUT2D eigenvalue weighted by Crippen LogP contribution is 2.37. The van der Waals surface area contributed by atoms with Gasteiger partial charge in [-0.1, -0.05) is 36.4 Å². The first-order chi connectivity index (χ1) is 10.6. The van der Waals surface area contributed by atoms with Crippen LogP contribution in [-0.4, -0.2) is 31.3 Å². The summed E-state index contributed by atoms with van der Waals surface area (Å²) in [5.41, 5.74) is 8.29. The molecule has 0 aliphatic rings. The van der Waals surface area contributed by atoms with Crippen molar-refractivity contribution in [2.75, 3.05) is 14.2 Å². The first-order valence-corrected chi connectivity index (χ1v) is 6.85. The molecule has 5 heteroatoms. The Balaban J connectivity index is 2.29. The van der Waals surface area contributed by atoms with E-state index in [2.05, 4.69) is 0 Å². The molecule has 0 saturated heterocycles. The highest BCUT2D eigenvalue weighted by molar-refractivity contribution is 5.75. The van der Waals surface area contributed by atoms with Crippen molar-refractivity contribution in [2.45, 2.75) is 12.5 Å². The number of carboxylic acid groups (broad SMARTS) is 1. The van der Waals surface area contributed by atoms with E-state index in [1.165, 1.54) is 0 Å². The van der Waals surface area contributed by atoms with Crippen LogP contribution in [0.15, 0.2) is 42.5 Å². The van der Waals surface area contributed by atoms with Crippen LogP contribution in [0.3, 0.4) is 0 Å². The van der Waals surface area contributed by atoms with Gasteiger partial charge in [0.15, 0.2) is 11.5 Å². The molecule has 22 heavy (non-hydrogen) atoms. The number of benzene rings is 2. The summed E-state index contributed by atoms with van der Waals surface area (Å²) in [6.45, 7) is 0. The van der Waals surface area contributed by atoms with E-state index < -0.39 is 12.0 Å². The maximum absolute atomic E-state index is 10.8. The molecule has 2 rings (SSSR count). The number of carbonyl (C=O) groups is 1. The van der Waals surface area contributed by atoms with E-state index in [0.29, 0.717) is 17.9 Å². The fourth-order valence-electron chi connectivity index (χ4n) is 2.28. The molecule has 0 aromatic heterocycles. The molecule has 0 heterocycles. The minimum absolute atomic E-state index is 0.296. The number of aliphatic carboxylic acids is 1. The third-order valence-corrected chi connectivity index (χ3v) is 3.44. The van der Waals surface area contributed by atoms with E-state index in [4.69, 9.17) is 20.3 Å². The van der Waals surface area contributed by atoms with Gasteiger partial charge in [-0.3, -0.25) is 4.79 Å². The van der Waals surface area contributed by atoms with Gasteiger partial charge in [0.1, 0.15) is 6.04 Å². The van der Waals surface area contributed by atoms with Crippen molar-refractivity contribution in [2.24, 2.45) is 5.73 Å². The number of methoxy groups -OCH3 is 2. The van der Waals surface area contributed by atoms with Crippen LogP contribution in [-0.2, 0) is 11.2 Å². The van der Waals surface area contributed by atoms with Crippen LogP contribution in [0.4, 0.5) is 0 Å². The molecule has 0 fully saturated rings. The van der Waals surface area contributed by atoms with Crippen LogP contribution in [0, 0.1) is 0 Å². The lowest BCUT2D eigenvalue weighted by Crippen LogP contribution is -2.32. The van der Waals surface area contributed by atoms with Crippen molar-refractivity contribution in [1.29, 1.82) is 0 Å². The van der Waals surface area contributed by atoms with Crippen LogP contribution in [0.5, 0.6) is 11.5 Å². The van der Waals surface area contributed by atoms with Crippen molar-refractivity contribution in [3.8, 4) is 22.6 Å². The van der Waals surface area contributed by atoms with E-state index in [1.54, 1.807) is 14.2 Å². The smallest absolute Gasteiger partial charge is 0.320 e. The van der Waals surface area contributed by atoms with Crippen LogP contribution in [0.2, 0.25) is 0 Å². The van der Waals surface area contributed by atoms with Crippen molar-refractivity contribution >= 4 is 5.97 Å². The minimum Gasteiger partial charge on any atom is -0.493 e. The quantitative estimate of drug-likeness (QED) is 0.855. The summed E-state index contributed by atoms with van der Waals surface area (Å²) >= 11 is 0. The maximum Gasteiger partial charge on any atom is 0.320 e. The molecule has 5 nitrogen and oxygen atoms in total. The van der Waals surface area contributed by atoms with Crippen LogP contribution in [0.25, 0.3) is 11.1 Å². The molecule has 0 radical (unpaired) electrons. The number of carboxylic acids is 1. The summed E-state index contributed by atoms with van der Waals surface area (Å²) < 4.78 is 10.7. The second-order valence-electron chi connectivity index (χ2n) is 4.89. The number of rotatable bonds is 6. The van der Waals surface area contributed by atoms with Crippen molar-refractivity contribution in [3.63, 3.8) is 0 Å². The SMILES string of the molecule is COc1cccc(-c2ccc(C[C@H](N)C(=O)O)cc2)c1OC. The van der Waals surface area contributed by atoms with Gasteiger partial charge in [-0.15, -0.1) is 0 Å². The Hall–Kier alpha value is -2.53. The summed E-state index contributed by atoms with van der Waals surface area (Å²) in [7, 11) is 3.19. The number of hydrogen-bond acceptors (Lipinski definition) is 4. The highest BCUT2D eigenvalue weighted by Gasteiger charge is 2.14. The summed E-state index contributed by atoms with van der Waals surface area (Å²) in [5, 5.41) is 8.85. The molecule has 2 aromatic rings. The summed E-state index contributed by atoms with van der Waals surface area (Å²) in [5.74, 6) is 0.329. The lowest BCUT2D eigenvalue weighted by molar-refractivity contribution is -0.138. The van der Waals surface area contributed by atoms with Crippen LogP contribution < -0.4 is 15.2 Å². The van der Waals surface area contributed by atoms with E-state index >= 15 is 0 Å². The predicted octanol–water partition coefficient (Wildman–Crippen LogP) is 2.33. The van der Waals surface area contributed by atoms with Crippen molar-refractivity contribution in [3.05, 3.63) is 48.0 Å². The monoisotopic (exact) mass is 301 g/mol. The average molecular weight is 301 g/mol. The first-order valence-electron chi connectivity index (χ1n) is 6.85. The lowest BCUT2D eigenvalue weighted by Gasteiger charge is -2.13. The molecular weight excluding hydrogens is 282 g/mol. The van der Waals surface area contributed by atoms with Gasteiger partial charge in [-0.05, 0) is 23.6 Å². The number of nitrogens with two attached hydrogens (primary N) is 1.